The van der Waals surface area contributed by atoms with Crippen molar-refractivity contribution in [1.82, 2.24) is 9.29 Å². The molecule has 0 fully saturated rings. The molecule has 3 aromatic carbocycles. The van der Waals surface area contributed by atoms with Crippen LogP contribution in [0.25, 0.3) is 10.9 Å². The number of halogens is 1. The molecule has 0 saturated carbocycles. The minimum Gasteiger partial charge on any atom is -0.497 e. The fourth-order valence-electron chi connectivity index (χ4n) is 4.60. The molecule has 33 heavy (non-hydrogen) atoms. The zero-order chi connectivity index (χ0) is 23.2. The number of benzene rings is 3. The van der Waals surface area contributed by atoms with E-state index in [4.69, 9.17) is 9.47 Å². The standard InChI is InChI=1S/C25H23FN2O4S/c1-31-18-10-11-22(32-2)23(15-18)33(29,30)28-13-12-20-19-8-3-4-9-21(19)27-24(20)25(28)16-6-5-7-17(26)14-16/h3-11,14-15,25,27H,12-13H2,1-2H3/t25-/m1/s1. The van der Waals surface area contributed by atoms with E-state index in [1.54, 1.807) is 24.3 Å². The zero-order valence-electron chi connectivity index (χ0n) is 18.2. The number of hydrogen-bond acceptors (Lipinski definition) is 4. The maximum absolute atomic E-state index is 14.3. The Morgan fingerprint density at radius 1 is 1.00 bits per heavy atom. The Bertz CT molecular complexity index is 1450. The summed E-state index contributed by atoms with van der Waals surface area (Å²) in [6.45, 7) is 0.235. The predicted octanol–water partition coefficient (Wildman–Crippen LogP) is 4.66. The Morgan fingerprint density at radius 2 is 1.82 bits per heavy atom. The average Bonchev–Trinajstić information content (AvgIpc) is 3.21. The number of fused-ring (bicyclic) bond motifs is 3. The van der Waals surface area contributed by atoms with Crippen LogP contribution in [0.1, 0.15) is 22.9 Å². The molecule has 8 heteroatoms. The van der Waals surface area contributed by atoms with Crippen molar-refractivity contribution in [2.45, 2.75) is 17.4 Å². The normalized spacial score (nSPS) is 16.5. The van der Waals surface area contributed by atoms with Crippen molar-refractivity contribution >= 4 is 20.9 Å². The van der Waals surface area contributed by atoms with Crippen molar-refractivity contribution in [1.29, 1.82) is 0 Å². The van der Waals surface area contributed by atoms with E-state index in [0.717, 1.165) is 22.2 Å². The maximum atomic E-state index is 14.3. The molecule has 5 rings (SSSR count). The minimum absolute atomic E-state index is 0.00492. The molecule has 6 nitrogen and oxygen atoms in total. The summed E-state index contributed by atoms with van der Waals surface area (Å²) in [5.74, 6) is 0.197. The summed E-state index contributed by atoms with van der Waals surface area (Å²) in [7, 11) is -1.14. The van der Waals surface area contributed by atoms with E-state index in [0.29, 0.717) is 17.7 Å². The molecule has 1 N–H and O–H groups in total. The van der Waals surface area contributed by atoms with E-state index in [9.17, 15) is 12.8 Å². The van der Waals surface area contributed by atoms with Crippen LogP contribution in [0.15, 0.2) is 71.6 Å². The molecule has 1 aromatic heterocycles. The van der Waals surface area contributed by atoms with E-state index >= 15 is 0 Å². The third kappa shape index (κ3) is 3.55. The van der Waals surface area contributed by atoms with E-state index < -0.39 is 21.9 Å². The van der Waals surface area contributed by atoms with Crippen LogP contribution in [-0.4, -0.2) is 38.5 Å². The number of aromatic amines is 1. The van der Waals surface area contributed by atoms with Crippen molar-refractivity contribution in [2.24, 2.45) is 0 Å². The first kappa shape index (κ1) is 21.5. The van der Waals surface area contributed by atoms with Crippen LogP contribution >= 0.6 is 0 Å². The van der Waals surface area contributed by atoms with Crippen molar-refractivity contribution in [2.75, 3.05) is 20.8 Å². The topological polar surface area (TPSA) is 71.6 Å². The molecule has 4 aromatic rings. The van der Waals surface area contributed by atoms with Gasteiger partial charge in [0.1, 0.15) is 22.2 Å². The summed E-state index contributed by atoms with van der Waals surface area (Å²) >= 11 is 0. The molecule has 1 aliphatic rings. The van der Waals surface area contributed by atoms with Gasteiger partial charge in [0.15, 0.2) is 0 Å². The van der Waals surface area contributed by atoms with Crippen LogP contribution in [0.5, 0.6) is 11.5 Å². The molecular formula is C25H23FN2O4S. The van der Waals surface area contributed by atoms with Gasteiger partial charge in [0.05, 0.1) is 20.3 Å². The lowest BCUT2D eigenvalue weighted by Crippen LogP contribution is -2.40. The Morgan fingerprint density at radius 3 is 2.58 bits per heavy atom. The van der Waals surface area contributed by atoms with E-state index in [1.807, 2.05) is 24.3 Å². The largest absolute Gasteiger partial charge is 0.497 e. The van der Waals surface area contributed by atoms with Gasteiger partial charge < -0.3 is 14.5 Å². The molecule has 0 saturated heterocycles. The Balaban J connectivity index is 1.73. The summed E-state index contributed by atoms with van der Waals surface area (Å²) in [6.07, 6.45) is 0.524. The summed E-state index contributed by atoms with van der Waals surface area (Å²) in [5, 5.41) is 1.05. The number of rotatable bonds is 5. The average molecular weight is 467 g/mol. The van der Waals surface area contributed by atoms with Crippen LogP contribution in [0.3, 0.4) is 0 Å². The number of methoxy groups -OCH3 is 2. The molecule has 1 aliphatic heterocycles. The number of aromatic nitrogens is 1. The highest BCUT2D eigenvalue weighted by Crippen LogP contribution is 2.42. The molecule has 0 unspecified atom stereocenters. The number of sulfonamides is 1. The van der Waals surface area contributed by atoms with E-state index in [2.05, 4.69) is 4.98 Å². The number of ether oxygens (including phenoxy) is 2. The maximum Gasteiger partial charge on any atom is 0.247 e. The van der Waals surface area contributed by atoms with E-state index in [-0.39, 0.29) is 17.2 Å². The Labute approximate surface area is 191 Å². The molecule has 0 bridgehead atoms. The number of H-pyrrole nitrogens is 1. The second-order valence-corrected chi connectivity index (χ2v) is 9.76. The third-order valence-electron chi connectivity index (χ3n) is 6.11. The monoisotopic (exact) mass is 466 g/mol. The number of nitrogens with one attached hydrogen (secondary N) is 1. The molecule has 170 valence electrons. The lowest BCUT2D eigenvalue weighted by atomic mass is 9.94. The summed E-state index contributed by atoms with van der Waals surface area (Å²) in [5.41, 5.74) is 3.26. The second kappa shape index (κ2) is 8.20. The first-order valence-electron chi connectivity index (χ1n) is 10.5. The molecule has 0 spiro atoms. The molecular weight excluding hydrogens is 443 g/mol. The number of nitrogens with zero attached hydrogens (tertiary/aromatic N) is 1. The van der Waals surface area contributed by atoms with Gasteiger partial charge in [-0.25, -0.2) is 12.8 Å². The Kier molecular flexibility index (Phi) is 5.34. The van der Waals surface area contributed by atoms with Gasteiger partial charge in [-0.3, -0.25) is 0 Å². The van der Waals surface area contributed by atoms with Crippen LogP contribution in [0, 0.1) is 5.82 Å². The number of para-hydroxylation sites is 1. The highest BCUT2D eigenvalue weighted by molar-refractivity contribution is 7.89. The quantitative estimate of drug-likeness (QED) is 0.464. The highest BCUT2D eigenvalue weighted by Gasteiger charge is 2.40. The molecule has 0 aliphatic carbocycles. The third-order valence-corrected chi connectivity index (χ3v) is 8.00. The van der Waals surface area contributed by atoms with Crippen LogP contribution < -0.4 is 9.47 Å². The predicted molar refractivity (Wildman–Crippen MR) is 124 cm³/mol. The fraction of sp³-hybridized carbons (Fsp3) is 0.200. The van der Waals surface area contributed by atoms with Crippen molar-refractivity contribution in [3.05, 3.63) is 89.4 Å². The van der Waals surface area contributed by atoms with Gasteiger partial charge in [0, 0.05) is 29.2 Å². The second-order valence-electron chi connectivity index (χ2n) is 7.90. The lowest BCUT2D eigenvalue weighted by molar-refractivity contribution is 0.335. The van der Waals surface area contributed by atoms with Gasteiger partial charge >= 0.3 is 0 Å². The summed E-state index contributed by atoms with van der Waals surface area (Å²) in [4.78, 5) is 3.41. The summed E-state index contributed by atoms with van der Waals surface area (Å²) in [6, 6.07) is 17.9. The van der Waals surface area contributed by atoms with Gasteiger partial charge in [-0.15, -0.1) is 0 Å². The minimum atomic E-state index is -4.04. The van der Waals surface area contributed by atoms with Crippen molar-refractivity contribution in [3.63, 3.8) is 0 Å². The van der Waals surface area contributed by atoms with E-state index in [1.165, 1.54) is 36.7 Å². The SMILES string of the molecule is COc1ccc(OC)c(S(=O)(=O)N2CCc3c([nH]c4ccccc34)[C@H]2c2cccc(F)c2)c1. The molecule has 0 radical (unpaired) electrons. The smallest absolute Gasteiger partial charge is 0.247 e. The van der Waals surface area contributed by atoms with Crippen molar-refractivity contribution in [3.8, 4) is 11.5 Å². The molecule has 2 heterocycles. The van der Waals surface area contributed by atoms with Gasteiger partial charge in [-0.05, 0) is 47.9 Å². The first-order chi connectivity index (χ1) is 15.9. The van der Waals surface area contributed by atoms with Gasteiger partial charge in [0.2, 0.25) is 10.0 Å². The van der Waals surface area contributed by atoms with Crippen LogP contribution in [0.2, 0.25) is 0 Å². The number of hydrogen-bond donors (Lipinski definition) is 1. The van der Waals surface area contributed by atoms with Gasteiger partial charge in [-0.2, -0.15) is 4.31 Å². The first-order valence-corrected chi connectivity index (χ1v) is 12.0. The van der Waals surface area contributed by atoms with Gasteiger partial charge in [0.25, 0.3) is 0 Å². The fourth-order valence-corrected chi connectivity index (χ4v) is 6.36. The lowest BCUT2D eigenvalue weighted by Gasteiger charge is -2.35. The molecule has 0 amide bonds. The highest BCUT2D eigenvalue weighted by atomic mass is 32.2. The Hall–Kier alpha value is -3.36. The zero-order valence-corrected chi connectivity index (χ0v) is 19.0. The van der Waals surface area contributed by atoms with Crippen LogP contribution in [-0.2, 0) is 16.4 Å². The van der Waals surface area contributed by atoms with Crippen molar-refractivity contribution < 1.29 is 22.3 Å². The molecule has 1 atom stereocenters. The van der Waals surface area contributed by atoms with Crippen LogP contribution in [0.4, 0.5) is 4.39 Å². The summed E-state index contributed by atoms with van der Waals surface area (Å²) < 4.78 is 54.3. The van der Waals surface area contributed by atoms with Gasteiger partial charge in [-0.1, -0.05) is 30.3 Å².